The van der Waals surface area contributed by atoms with E-state index in [0.717, 1.165) is 11.4 Å². The van der Waals surface area contributed by atoms with E-state index in [-0.39, 0.29) is 0 Å². The van der Waals surface area contributed by atoms with Gasteiger partial charge in [-0.25, -0.2) is 4.98 Å². The zero-order chi connectivity index (χ0) is 13.8. The monoisotopic (exact) mass is 280 g/mol. The Morgan fingerprint density at radius 1 is 1.47 bits per heavy atom. The minimum absolute atomic E-state index is 0.415. The molecule has 102 valence electrons. The number of nitrogens with zero attached hydrogens (tertiary/aromatic N) is 2. The third kappa shape index (κ3) is 3.28. The van der Waals surface area contributed by atoms with E-state index in [2.05, 4.69) is 4.98 Å². The maximum absolute atomic E-state index is 9.45. The molecule has 0 saturated heterocycles. The zero-order valence-corrected chi connectivity index (χ0v) is 11.8. The van der Waals surface area contributed by atoms with Gasteiger partial charge in [-0.2, -0.15) is 0 Å². The van der Waals surface area contributed by atoms with Crippen LogP contribution in [0.1, 0.15) is 18.3 Å². The molecule has 0 amide bonds. The van der Waals surface area contributed by atoms with Crippen LogP contribution in [0.3, 0.4) is 0 Å². The lowest BCUT2D eigenvalue weighted by molar-refractivity contribution is 0.191. The number of rotatable bonds is 5. The summed E-state index contributed by atoms with van der Waals surface area (Å²) in [6, 6.07) is 5.69. The molecule has 4 nitrogen and oxygen atoms in total. The molecule has 0 radical (unpaired) electrons. The first-order chi connectivity index (χ1) is 9.11. The summed E-state index contributed by atoms with van der Waals surface area (Å²) in [6.07, 6.45) is 3.72. The van der Waals surface area contributed by atoms with Crippen molar-refractivity contribution >= 4 is 11.6 Å². The number of ether oxygens (including phenoxy) is 1. The first-order valence-corrected chi connectivity index (χ1v) is 6.49. The van der Waals surface area contributed by atoms with E-state index < -0.39 is 6.10 Å². The highest BCUT2D eigenvalue weighted by molar-refractivity contribution is 6.32. The van der Waals surface area contributed by atoms with Gasteiger partial charge in [0.05, 0.1) is 24.8 Å². The van der Waals surface area contributed by atoms with Crippen LogP contribution in [-0.4, -0.2) is 27.9 Å². The van der Waals surface area contributed by atoms with Crippen LogP contribution in [0.15, 0.2) is 30.6 Å². The maximum Gasteiger partial charge on any atom is 0.137 e. The van der Waals surface area contributed by atoms with E-state index >= 15 is 0 Å². The minimum Gasteiger partial charge on any atom is -0.495 e. The highest BCUT2D eigenvalue weighted by Crippen LogP contribution is 2.28. The third-order valence-corrected chi connectivity index (χ3v) is 3.31. The Labute approximate surface area is 117 Å². The second-order valence-corrected chi connectivity index (χ2v) is 4.84. The van der Waals surface area contributed by atoms with E-state index in [1.54, 1.807) is 20.2 Å². The first-order valence-electron chi connectivity index (χ1n) is 6.11. The molecule has 0 aliphatic carbocycles. The quantitative estimate of drug-likeness (QED) is 0.915. The normalized spacial score (nSPS) is 12.4. The summed E-state index contributed by atoms with van der Waals surface area (Å²) in [7, 11) is 1.60. The second kappa shape index (κ2) is 6.08. The van der Waals surface area contributed by atoms with E-state index in [1.165, 1.54) is 0 Å². The van der Waals surface area contributed by atoms with Crippen LogP contribution in [0, 0.1) is 0 Å². The van der Waals surface area contributed by atoms with Gasteiger partial charge in [-0.1, -0.05) is 23.7 Å². The molecule has 0 saturated carbocycles. The third-order valence-electron chi connectivity index (χ3n) is 2.88. The van der Waals surface area contributed by atoms with Gasteiger partial charge in [0.1, 0.15) is 11.6 Å². The molecule has 0 spiro atoms. The van der Waals surface area contributed by atoms with Gasteiger partial charge in [0, 0.05) is 18.8 Å². The molecule has 5 heteroatoms. The molecule has 1 atom stereocenters. The highest BCUT2D eigenvalue weighted by atomic mass is 35.5. The fourth-order valence-corrected chi connectivity index (χ4v) is 2.22. The molecular weight excluding hydrogens is 264 g/mol. The van der Waals surface area contributed by atoms with Crippen molar-refractivity contribution in [3.63, 3.8) is 0 Å². The van der Waals surface area contributed by atoms with Gasteiger partial charge in [-0.05, 0) is 18.6 Å². The fourth-order valence-electron chi connectivity index (χ4n) is 1.96. The van der Waals surface area contributed by atoms with Crippen LogP contribution >= 0.6 is 11.6 Å². The molecule has 19 heavy (non-hydrogen) atoms. The number of hydrogen-bond donors (Lipinski definition) is 1. The first kappa shape index (κ1) is 13.9. The van der Waals surface area contributed by atoms with Crippen LogP contribution in [-0.2, 0) is 13.0 Å². The smallest absolute Gasteiger partial charge is 0.137 e. The molecule has 1 unspecified atom stereocenters. The van der Waals surface area contributed by atoms with Crippen molar-refractivity contribution in [1.82, 2.24) is 9.55 Å². The number of aliphatic hydroxyl groups excluding tert-OH is 1. The highest BCUT2D eigenvalue weighted by Gasteiger charge is 2.10. The van der Waals surface area contributed by atoms with Gasteiger partial charge in [-0.15, -0.1) is 0 Å². The molecule has 1 N–H and O–H groups in total. The minimum atomic E-state index is -0.415. The van der Waals surface area contributed by atoms with Gasteiger partial charge in [0.2, 0.25) is 0 Å². The number of hydrogen-bond acceptors (Lipinski definition) is 3. The summed E-state index contributed by atoms with van der Waals surface area (Å²) in [5, 5.41) is 10.1. The summed E-state index contributed by atoms with van der Waals surface area (Å²) in [5.74, 6) is 1.50. The average Bonchev–Trinajstić information content (AvgIpc) is 2.78. The Hall–Kier alpha value is -1.52. The van der Waals surface area contributed by atoms with Crippen molar-refractivity contribution in [3.8, 4) is 5.75 Å². The van der Waals surface area contributed by atoms with E-state index in [0.29, 0.717) is 23.7 Å². The number of imidazole rings is 1. The van der Waals surface area contributed by atoms with E-state index in [9.17, 15) is 5.11 Å². The Morgan fingerprint density at radius 2 is 2.26 bits per heavy atom. The van der Waals surface area contributed by atoms with Crippen LogP contribution < -0.4 is 4.74 Å². The van der Waals surface area contributed by atoms with Gasteiger partial charge in [-0.3, -0.25) is 0 Å². The molecule has 2 rings (SSSR count). The van der Waals surface area contributed by atoms with E-state index in [4.69, 9.17) is 16.3 Å². The van der Waals surface area contributed by atoms with Crippen molar-refractivity contribution in [2.45, 2.75) is 26.0 Å². The Balaban J connectivity index is 2.24. The number of methoxy groups -OCH3 is 1. The zero-order valence-electron chi connectivity index (χ0n) is 11.0. The predicted molar refractivity (Wildman–Crippen MR) is 74.7 cm³/mol. The Bertz CT molecular complexity index is 552. The largest absolute Gasteiger partial charge is 0.495 e. The van der Waals surface area contributed by atoms with Gasteiger partial charge in [0.15, 0.2) is 0 Å². The molecule has 2 aromatic rings. The molecule has 1 aromatic heterocycles. The summed E-state index contributed by atoms with van der Waals surface area (Å²) >= 11 is 6.28. The van der Waals surface area contributed by atoms with Crippen molar-refractivity contribution < 1.29 is 9.84 Å². The fraction of sp³-hybridized carbons (Fsp3) is 0.357. The lowest BCUT2D eigenvalue weighted by Crippen LogP contribution is -2.12. The van der Waals surface area contributed by atoms with Crippen molar-refractivity contribution in [2.75, 3.05) is 7.11 Å². The van der Waals surface area contributed by atoms with Crippen LogP contribution in [0.25, 0.3) is 0 Å². The Morgan fingerprint density at radius 3 is 2.95 bits per heavy atom. The van der Waals surface area contributed by atoms with E-state index in [1.807, 2.05) is 29.0 Å². The molecule has 1 aromatic carbocycles. The number of aliphatic hydroxyl groups is 1. The molecule has 0 fully saturated rings. The van der Waals surface area contributed by atoms with Gasteiger partial charge >= 0.3 is 0 Å². The van der Waals surface area contributed by atoms with Crippen molar-refractivity contribution in [2.24, 2.45) is 0 Å². The lowest BCUT2D eigenvalue weighted by atomic mass is 10.2. The Kier molecular flexibility index (Phi) is 4.45. The molecular formula is C14H17ClN2O2. The molecule has 0 bridgehead atoms. The topological polar surface area (TPSA) is 47.3 Å². The molecule has 0 aliphatic heterocycles. The lowest BCUT2D eigenvalue weighted by Gasteiger charge is -2.12. The number of aromatic nitrogens is 2. The number of halogens is 1. The second-order valence-electron chi connectivity index (χ2n) is 4.46. The van der Waals surface area contributed by atoms with Gasteiger partial charge in [0.25, 0.3) is 0 Å². The van der Waals surface area contributed by atoms with Crippen LogP contribution in [0.5, 0.6) is 5.75 Å². The van der Waals surface area contributed by atoms with Crippen molar-refractivity contribution in [1.29, 1.82) is 0 Å². The SMILES string of the molecule is COc1cccc(Cn2ccnc2CC(C)O)c1Cl. The summed E-state index contributed by atoms with van der Waals surface area (Å²) in [5.41, 5.74) is 0.964. The van der Waals surface area contributed by atoms with Gasteiger partial charge < -0.3 is 14.4 Å². The predicted octanol–water partition coefficient (Wildman–Crippen LogP) is 2.52. The maximum atomic E-state index is 9.45. The van der Waals surface area contributed by atoms with Crippen LogP contribution in [0.4, 0.5) is 0 Å². The summed E-state index contributed by atoms with van der Waals surface area (Å²) in [6.45, 7) is 2.36. The summed E-state index contributed by atoms with van der Waals surface area (Å²) < 4.78 is 7.18. The average molecular weight is 281 g/mol. The molecule has 0 aliphatic rings. The van der Waals surface area contributed by atoms with Crippen LogP contribution in [0.2, 0.25) is 5.02 Å². The summed E-state index contributed by atoms with van der Waals surface area (Å²) in [4.78, 5) is 4.25. The van der Waals surface area contributed by atoms with Crippen molar-refractivity contribution in [3.05, 3.63) is 47.0 Å². The number of benzene rings is 1. The standard InChI is InChI=1S/C14H17ClN2O2/c1-10(18)8-13-16-6-7-17(13)9-11-4-3-5-12(19-2)14(11)15/h3-7,10,18H,8-9H2,1-2H3. The molecule has 1 heterocycles.